The second-order valence-electron chi connectivity index (χ2n) is 4.26. The maximum absolute atomic E-state index is 5.81. The molecule has 1 fully saturated rings. The second kappa shape index (κ2) is 6.38. The van der Waals surface area contributed by atoms with Crippen LogP contribution in [0.2, 0.25) is 0 Å². The monoisotopic (exact) mass is 299 g/mol. The third kappa shape index (κ3) is 3.69. The van der Waals surface area contributed by atoms with Gasteiger partial charge in [-0.3, -0.25) is 0 Å². The molecule has 1 unspecified atom stereocenters. The van der Waals surface area contributed by atoms with Gasteiger partial charge >= 0.3 is 0 Å². The molecular formula is C13H18BrNO2. The minimum Gasteiger partial charge on any atom is -0.491 e. The van der Waals surface area contributed by atoms with Gasteiger partial charge < -0.3 is 15.2 Å². The van der Waals surface area contributed by atoms with Crippen molar-refractivity contribution in [2.24, 2.45) is 5.73 Å². The van der Waals surface area contributed by atoms with E-state index in [1.54, 1.807) is 0 Å². The van der Waals surface area contributed by atoms with Gasteiger partial charge in [-0.2, -0.15) is 0 Å². The smallest absolute Gasteiger partial charge is 0.125 e. The lowest BCUT2D eigenvalue weighted by molar-refractivity contribution is -0.0112. The summed E-state index contributed by atoms with van der Waals surface area (Å²) in [4.78, 5) is 0. The normalized spacial score (nSPS) is 20.2. The largest absolute Gasteiger partial charge is 0.491 e. The SMILES string of the molecule is NCc1ccc(Br)cc1OCC1CCCCO1. The van der Waals surface area contributed by atoms with E-state index in [0.29, 0.717) is 13.2 Å². The molecule has 2 rings (SSSR count). The van der Waals surface area contributed by atoms with Crippen molar-refractivity contribution in [3.05, 3.63) is 28.2 Å². The number of benzene rings is 1. The average Bonchev–Trinajstić information content (AvgIpc) is 2.38. The molecule has 0 bridgehead atoms. The van der Waals surface area contributed by atoms with E-state index < -0.39 is 0 Å². The van der Waals surface area contributed by atoms with Gasteiger partial charge in [-0.15, -0.1) is 0 Å². The first-order valence-electron chi connectivity index (χ1n) is 6.02. The Balaban J connectivity index is 1.95. The van der Waals surface area contributed by atoms with Crippen molar-refractivity contribution in [2.75, 3.05) is 13.2 Å². The standard InChI is InChI=1S/C13H18BrNO2/c14-11-5-4-10(8-15)13(7-11)17-9-12-3-1-2-6-16-12/h4-5,7,12H,1-3,6,8-9,15H2. The number of hydrogen-bond acceptors (Lipinski definition) is 3. The molecule has 3 nitrogen and oxygen atoms in total. The molecule has 0 aliphatic carbocycles. The quantitative estimate of drug-likeness (QED) is 0.930. The predicted octanol–water partition coefficient (Wildman–Crippen LogP) is 2.86. The van der Waals surface area contributed by atoms with Gasteiger partial charge in [-0.1, -0.05) is 22.0 Å². The molecule has 4 heteroatoms. The van der Waals surface area contributed by atoms with E-state index >= 15 is 0 Å². The van der Waals surface area contributed by atoms with Gasteiger partial charge in [0.2, 0.25) is 0 Å². The lowest BCUT2D eigenvalue weighted by atomic mass is 10.1. The first-order chi connectivity index (χ1) is 8.29. The summed E-state index contributed by atoms with van der Waals surface area (Å²) >= 11 is 3.44. The Labute approximate surface area is 110 Å². The van der Waals surface area contributed by atoms with Gasteiger partial charge in [-0.05, 0) is 31.4 Å². The molecule has 1 saturated heterocycles. The van der Waals surface area contributed by atoms with Crippen molar-refractivity contribution in [1.82, 2.24) is 0 Å². The molecule has 0 aromatic heterocycles. The van der Waals surface area contributed by atoms with Gasteiger partial charge in [0.05, 0.1) is 6.10 Å². The molecule has 0 radical (unpaired) electrons. The van der Waals surface area contributed by atoms with E-state index in [1.165, 1.54) is 12.8 Å². The Kier molecular flexibility index (Phi) is 4.83. The Morgan fingerprint density at radius 3 is 3.00 bits per heavy atom. The Bertz CT molecular complexity index is 364. The number of hydrogen-bond donors (Lipinski definition) is 1. The summed E-state index contributed by atoms with van der Waals surface area (Å²) in [6.07, 6.45) is 3.72. The molecule has 1 aromatic carbocycles. The first kappa shape index (κ1) is 12.9. The molecule has 1 aromatic rings. The number of rotatable bonds is 4. The zero-order chi connectivity index (χ0) is 12.1. The highest BCUT2D eigenvalue weighted by molar-refractivity contribution is 9.10. The van der Waals surface area contributed by atoms with Crippen LogP contribution in [-0.2, 0) is 11.3 Å². The maximum Gasteiger partial charge on any atom is 0.125 e. The van der Waals surface area contributed by atoms with Crippen molar-refractivity contribution >= 4 is 15.9 Å². The van der Waals surface area contributed by atoms with Gasteiger partial charge in [-0.25, -0.2) is 0 Å². The van der Waals surface area contributed by atoms with E-state index in [9.17, 15) is 0 Å². The van der Waals surface area contributed by atoms with Crippen LogP contribution in [0.15, 0.2) is 22.7 Å². The lowest BCUT2D eigenvalue weighted by Gasteiger charge is -2.23. The highest BCUT2D eigenvalue weighted by Gasteiger charge is 2.15. The summed E-state index contributed by atoms with van der Waals surface area (Å²) in [5.41, 5.74) is 6.71. The summed E-state index contributed by atoms with van der Waals surface area (Å²) in [7, 11) is 0. The minimum atomic E-state index is 0.230. The van der Waals surface area contributed by atoms with E-state index in [-0.39, 0.29) is 6.10 Å². The van der Waals surface area contributed by atoms with E-state index in [4.69, 9.17) is 15.2 Å². The van der Waals surface area contributed by atoms with Crippen molar-refractivity contribution in [2.45, 2.75) is 31.9 Å². The molecule has 1 aliphatic rings. The first-order valence-corrected chi connectivity index (χ1v) is 6.82. The highest BCUT2D eigenvalue weighted by atomic mass is 79.9. The summed E-state index contributed by atoms with van der Waals surface area (Å²) in [5.74, 6) is 0.857. The van der Waals surface area contributed by atoms with Crippen LogP contribution in [0.1, 0.15) is 24.8 Å². The summed E-state index contributed by atoms with van der Waals surface area (Å²) in [6, 6.07) is 5.93. The highest BCUT2D eigenvalue weighted by Crippen LogP contribution is 2.24. The van der Waals surface area contributed by atoms with Crippen molar-refractivity contribution < 1.29 is 9.47 Å². The average molecular weight is 300 g/mol. The maximum atomic E-state index is 5.81. The minimum absolute atomic E-state index is 0.230. The van der Waals surface area contributed by atoms with Crippen molar-refractivity contribution in [1.29, 1.82) is 0 Å². The molecule has 0 amide bonds. The molecule has 1 heterocycles. The zero-order valence-electron chi connectivity index (χ0n) is 9.82. The van der Waals surface area contributed by atoms with E-state index in [0.717, 1.165) is 28.8 Å². The van der Waals surface area contributed by atoms with Crippen LogP contribution in [0.25, 0.3) is 0 Å². The second-order valence-corrected chi connectivity index (χ2v) is 5.17. The third-order valence-electron chi connectivity index (χ3n) is 2.95. The summed E-state index contributed by atoms with van der Waals surface area (Å²) < 4.78 is 12.5. The Morgan fingerprint density at radius 1 is 1.41 bits per heavy atom. The third-order valence-corrected chi connectivity index (χ3v) is 3.44. The number of halogens is 1. The van der Waals surface area contributed by atoms with Crippen LogP contribution in [0.5, 0.6) is 5.75 Å². The van der Waals surface area contributed by atoms with Crippen LogP contribution in [-0.4, -0.2) is 19.3 Å². The molecule has 1 atom stereocenters. The molecule has 17 heavy (non-hydrogen) atoms. The van der Waals surface area contributed by atoms with Gasteiger partial charge in [0.25, 0.3) is 0 Å². The van der Waals surface area contributed by atoms with E-state index in [2.05, 4.69) is 15.9 Å². The van der Waals surface area contributed by atoms with Crippen LogP contribution in [0.3, 0.4) is 0 Å². The van der Waals surface area contributed by atoms with Crippen molar-refractivity contribution in [3.8, 4) is 5.75 Å². The summed E-state index contributed by atoms with van der Waals surface area (Å²) in [6.45, 7) is 1.97. The van der Waals surface area contributed by atoms with Gasteiger partial charge in [0.1, 0.15) is 12.4 Å². The van der Waals surface area contributed by atoms with Crippen LogP contribution in [0.4, 0.5) is 0 Å². The van der Waals surface area contributed by atoms with Crippen molar-refractivity contribution in [3.63, 3.8) is 0 Å². The predicted molar refractivity (Wildman–Crippen MR) is 71.1 cm³/mol. The fourth-order valence-electron chi connectivity index (χ4n) is 1.95. The summed E-state index contributed by atoms with van der Waals surface area (Å²) in [5, 5.41) is 0. The molecule has 94 valence electrons. The topological polar surface area (TPSA) is 44.5 Å². The zero-order valence-corrected chi connectivity index (χ0v) is 11.4. The fraction of sp³-hybridized carbons (Fsp3) is 0.538. The van der Waals surface area contributed by atoms with E-state index in [1.807, 2.05) is 18.2 Å². The molecule has 2 N–H and O–H groups in total. The molecular weight excluding hydrogens is 282 g/mol. The van der Waals surface area contributed by atoms with Gasteiger partial charge in [0, 0.05) is 23.2 Å². The fourth-order valence-corrected chi connectivity index (χ4v) is 2.29. The van der Waals surface area contributed by atoms with Crippen LogP contribution >= 0.6 is 15.9 Å². The molecule has 0 spiro atoms. The number of nitrogens with two attached hydrogens (primary N) is 1. The van der Waals surface area contributed by atoms with Gasteiger partial charge in [0.15, 0.2) is 0 Å². The van der Waals surface area contributed by atoms with Crippen LogP contribution < -0.4 is 10.5 Å². The Morgan fingerprint density at radius 2 is 2.29 bits per heavy atom. The lowest BCUT2D eigenvalue weighted by Crippen LogP contribution is -2.26. The molecule has 0 saturated carbocycles. The molecule has 1 aliphatic heterocycles. The Hall–Kier alpha value is -0.580. The van der Waals surface area contributed by atoms with Crippen LogP contribution in [0, 0.1) is 0 Å². The number of ether oxygens (including phenoxy) is 2.